The second-order valence-electron chi connectivity index (χ2n) is 4.40. The molecule has 1 aromatic carbocycles. The van der Waals surface area contributed by atoms with Crippen molar-refractivity contribution in [1.29, 1.82) is 0 Å². The van der Waals surface area contributed by atoms with Gasteiger partial charge in [0.2, 0.25) is 0 Å². The van der Waals surface area contributed by atoms with Crippen molar-refractivity contribution in [2.75, 3.05) is 0 Å². The number of nitrogens with two attached hydrogens (primary N) is 1. The van der Waals surface area contributed by atoms with Gasteiger partial charge in [-0.25, -0.2) is 10.4 Å². The predicted molar refractivity (Wildman–Crippen MR) is 72.2 cm³/mol. The van der Waals surface area contributed by atoms with Gasteiger partial charge in [0, 0.05) is 0 Å². The van der Waals surface area contributed by atoms with Crippen molar-refractivity contribution in [2.24, 2.45) is 5.84 Å². The molecule has 0 aliphatic rings. The Morgan fingerprint density at radius 1 is 1.20 bits per heavy atom. The van der Waals surface area contributed by atoms with Crippen LogP contribution in [-0.4, -0.2) is 4.98 Å². The summed E-state index contributed by atoms with van der Waals surface area (Å²) in [5.41, 5.74) is 3.47. The van der Waals surface area contributed by atoms with E-state index in [2.05, 4.69) is 10.4 Å². The molecule has 0 saturated heterocycles. The van der Waals surface area contributed by atoms with Gasteiger partial charge in [-0.05, 0) is 31.5 Å². The Balaban J connectivity index is 2.35. The van der Waals surface area contributed by atoms with E-state index in [1.807, 2.05) is 13.8 Å². The summed E-state index contributed by atoms with van der Waals surface area (Å²) in [5, 5.41) is 0.893. The highest BCUT2D eigenvalue weighted by atomic mass is 32.1. The fraction of sp³-hybridized carbons (Fsp3) is 0.308. The molecule has 0 saturated carbocycles. The van der Waals surface area contributed by atoms with Gasteiger partial charge < -0.3 is 0 Å². The zero-order chi connectivity index (χ0) is 14.9. The van der Waals surface area contributed by atoms with Crippen LogP contribution in [0.5, 0.6) is 0 Å². The maximum Gasteiger partial charge on any atom is 0.416 e. The molecular weight excluding hydrogens is 287 g/mol. The third kappa shape index (κ3) is 3.00. The normalized spacial score (nSPS) is 13.5. The van der Waals surface area contributed by atoms with Crippen LogP contribution in [0.4, 0.5) is 13.2 Å². The molecule has 0 aliphatic carbocycles. The molecule has 7 heteroatoms. The van der Waals surface area contributed by atoms with Crippen molar-refractivity contribution in [3.8, 4) is 0 Å². The second kappa shape index (κ2) is 5.51. The van der Waals surface area contributed by atoms with Crippen LogP contribution < -0.4 is 11.3 Å². The van der Waals surface area contributed by atoms with Gasteiger partial charge >= 0.3 is 6.18 Å². The molecule has 0 bridgehead atoms. The molecule has 0 spiro atoms. The van der Waals surface area contributed by atoms with E-state index in [9.17, 15) is 13.2 Å². The number of nitrogens with one attached hydrogen (secondary N) is 1. The van der Waals surface area contributed by atoms with Crippen LogP contribution in [0.2, 0.25) is 0 Å². The third-order valence-corrected chi connectivity index (χ3v) is 4.08. The lowest BCUT2D eigenvalue weighted by Crippen LogP contribution is -2.28. The molecule has 2 rings (SSSR count). The summed E-state index contributed by atoms with van der Waals surface area (Å²) in [5.74, 6) is 5.55. The van der Waals surface area contributed by atoms with E-state index < -0.39 is 11.7 Å². The Bertz CT molecular complexity index is 590. The summed E-state index contributed by atoms with van der Waals surface area (Å²) in [6, 6.07) is 4.62. The SMILES string of the molecule is Cc1nc(C)c(C(NN)c2ccc(C(F)(F)F)cc2)s1. The largest absolute Gasteiger partial charge is 0.416 e. The van der Waals surface area contributed by atoms with E-state index in [1.165, 1.54) is 23.5 Å². The topological polar surface area (TPSA) is 50.9 Å². The van der Waals surface area contributed by atoms with Gasteiger partial charge in [-0.2, -0.15) is 13.2 Å². The average molecular weight is 301 g/mol. The third-order valence-electron chi connectivity index (χ3n) is 2.94. The van der Waals surface area contributed by atoms with Gasteiger partial charge in [0.25, 0.3) is 0 Å². The van der Waals surface area contributed by atoms with Gasteiger partial charge in [-0.15, -0.1) is 11.3 Å². The number of thiazole rings is 1. The quantitative estimate of drug-likeness (QED) is 0.675. The number of aromatic nitrogens is 1. The first-order chi connectivity index (χ1) is 9.32. The van der Waals surface area contributed by atoms with Crippen molar-refractivity contribution >= 4 is 11.3 Å². The van der Waals surface area contributed by atoms with Crippen LogP contribution in [0.15, 0.2) is 24.3 Å². The molecule has 1 unspecified atom stereocenters. The molecule has 1 atom stereocenters. The second-order valence-corrected chi connectivity index (χ2v) is 5.64. The lowest BCUT2D eigenvalue weighted by Gasteiger charge is -2.16. The van der Waals surface area contributed by atoms with Gasteiger partial charge in [0.1, 0.15) is 0 Å². The van der Waals surface area contributed by atoms with Gasteiger partial charge in [0.05, 0.1) is 27.2 Å². The van der Waals surface area contributed by atoms with Crippen LogP contribution in [0.3, 0.4) is 0 Å². The number of hydrogen-bond donors (Lipinski definition) is 2. The molecule has 1 heterocycles. The van der Waals surface area contributed by atoms with E-state index in [0.717, 1.165) is 27.7 Å². The monoisotopic (exact) mass is 301 g/mol. The van der Waals surface area contributed by atoms with E-state index in [0.29, 0.717) is 5.56 Å². The number of hydrazine groups is 1. The minimum Gasteiger partial charge on any atom is -0.271 e. The van der Waals surface area contributed by atoms with Gasteiger partial charge in [-0.1, -0.05) is 12.1 Å². The van der Waals surface area contributed by atoms with Crippen molar-refractivity contribution in [1.82, 2.24) is 10.4 Å². The highest BCUT2D eigenvalue weighted by Gasteiger charge is 2.30. The number of benzene rings is 1. The molecular formula is C13H14F3N3S. The zero-order valence-corrected chi connectivity index (χ0v) is 11.8. The maximum atomic E-state index is 12.5. The predicted octanol–water partition coefficient (Wildman–Crippen LogP) is 3.33. The Morgan fingerprint density at radius 2 is 1.80 bits per heavy atom. The lowest BCUT2D eigenvalue weighted by atomic mass is 10.0. The standard InChI is InChI=1S/C13H14F3N3S/c1-7-12(20-8(2)18-7)11(19-17)9-3-5-10(6-4-9)13(14,15)16/h3-6,11,19H,17H2,1-2H3. The van der Waals surface area contributed by atoms with Crippen LogP contribution in [0, 0.1) is 13.8 Å². The molecule has 2 aromatic rings. The van der Waals surface area contributed by atoms with Gasteiger partial charge in [0.15, 0.2) is 0 Å². The molecule has 0 amide bonds. The lowest BCUT2D eigenvalue weighted by molar-refractivity contribution is -0.137. The van der Waals surface area contributed by atoms with E-state index in [1.54, 1.807) is 0 Å². The molecule has 3 N–H and O–H groups in total. The number of alkyl halides is 3. The van der Waals surface area contributed by atoms with Crippen LogP contribution in [0.1, 0.15) is 32.7 Å². The maximum absolute atomic E-state index is 12.5. The van der Waals surface area contributed by atoms with Crippen LogP contribution >= 0.6 is 11.3 Å². The van der Waals surface area contributed by atoms with Gasteiger partial charge in [-0.3, -0.25) is 5.84 Å². The van der Waals surface area contributed by atoms with Crippen molar-refractivity contribution in [3.63, 3.8) is 0 Å². The summed E-state index contributed by atoms with van der Waals surface area (Å²) >= 11 is 1.48. The molecule has 20 heavy (non-hydrogen) atoms. The number of hydrogen-bond acceptors (Lipinski definition) is 4. The summed E-state index contributed by atoms with van der Waals surface area (Å²) in [7, 11) is 0. The van der Waals surface area contributed by atoms with Crippen molar-refractivity contribution in [2.45, 2.75) is 26.1 Å². The molecule has 0 radical (unpaired) electrons. The first kappa shape index (κ1) is 15.0. The van der Waals surface area contributed by atoms with E-state index in [4.69, 9.17) is 5.84 Å². The first-order valence-corrected chi connectivity index (χ1v) is 6.71. The molecule has 3 nitrogen and oxygen atoms in total. The number of halogens is 3. The molecule has 0 aliphatic heterocycles. The fourth-order valence-electron chi connectivity index (χ4n) is 2.00. The van der Waals surface area contributed by atoms with Crippen molar-refractivity contribution in [3.05, 3.63) is 51.0 Å². The Kier molecular flexibility index (Phi) is 4.12. The van der Waals surface area contributed by atoms with Crippen LogP contribution in [-0.2, 0) is 6.18 Å². The molecule has 108 valence electrons. The Hall–Kier alpha value is -1.44. The minimum absolute atomic E-state index is 0.358. The summed E-state index contributed by atoms with van der Waals surface area (Å²) < 4.78 is 37.6. The fourth-order valence-corrected chi connectivity index (χ4v) is 3.02. The molecule has 1 aromatic heterocycles. The van der Waals surface area contributed by atoms with E-state index in [-0.39, 0.29) is 6.04 Å². The number of rotatable bonds is 3. The smallest absolute Gasteiger partial charge is 0.271 e. The zero-order valence-electron chi connectivity index (χ0n) is 11.0. The molecule has 0 fully saturated rings. The number of aryl methyl sites for hydroxylation is 2. The summed E-state index contributed by atoms with van der Waals surface area (Å²) in [6.45, 7) is 3.73. The summed E-state index contributed by atoms with van der Waals surface area (Å²) in [6.07, 6.45) is -4.33. The highest BCUT2D eigenvalue weighted by Crippen LogP contribution is 2.33. The average Bonchev–Trinajstić information content (AvgIpc) is 2.69. The van der Waals surface area contributed by atoms with E-state index >= 15 is 0 Å². The minimum atomic E-state index is -4.33. The first-order valence-electron chi connectivity index (χ1n) is 5.90. The van der Waals surface area contributed by atoms with Crippen molar-refractivity contribution < 1.29 is 13.2 Å². The number of nitrogens with zero attached hydrogens (tertiary/aromatic N) is 1. The Labute approximate surface area is 118 Å². The van der Waals surface area contributed by atoms with Crippen LogP contribution in [0.25, 0.3) is 0 Å². The Morgan fingerprint density at radius 3 is 2.20 bits per heavy atom. The highest BCUT2D eigenvalue weighted by molar-refractivity contribution is 7.11. The summed E-state index contributed by atoms with van der Waals surface area (Å²) in [4.78, 5) is 5.21.